The number of nitrogens with zero attached hydrogens (tertiary/aromatic N) is 6. The smallest absolute Gasteiger partial charge is 0.232 e. The fourth-order valence-electron chi connectivity index (χ4n) is 4.62. The van der Waals surface area contributed by atoms with Gasteiger partial charge in [-0.1, -0.05) is 24.3 Å². The first kappa shape index (κ1) is 32.4. The molecule has 0 saturated carbocycles. The van der Waals surface area contributed by atoms with Crippen LogP contribution in [-0.4, -0.2) is 79.5 Å². The SMILES string of the molecule is COc1ccc(CNc2nc(N(C(C)O)C(C)O)nc3c(NCc4ccc(OC)cc4)nc(N(C(C)O)C(C)O)nc23)cc1. The normalized spacial score (nSPS) is 14.0. The van der Waals surface area contributed by atoms with Crippen molar-refractivity contribution in [3.63, 3.8) is 0 Å². The summed E-state index contributed by atoms with van der Waals surface area (Å²) in [5.41, 5.74) is 2.41. The van der Waals surface area contributed by atoms with Gasteiger partial charge in [-0.25, -0.2) is 9.97 Å². The monoisotopic (exact) mass is 608 g/mol. The molecule has 0 aliphatic heterocycles. The maximum absolute atomic E-state index is 10.5. The molecule has 4 rings (SSSR count). The van der Waals surface area contributed by atoms with Crippen LogP contribution in [0.25, 0.3) is 11.0 Å². The van der Waals surface area contributed by atoms with E-state index in [9.17, 15) is 20.4 Å². The third kappa shape index (κ3) is 7.52. The standard InChI is InChI=1S/C30H40N8O6/c1-17(39)37(18(2)40)29-33-25-26(27(35-29)31-15-21-7-11-23(43-5)12-8-21)34-30(38(19(3)41)20(4)42)36-28(25)32-16-22-9-13-24(44-6)14-10-22/h7-14,17-20,39-42H,15-16H2,1-6H3,(H,31,33,35)(H,32,34,36). The molecule has 4 unspecified atom stereocenters. The molecule has 6 N–H and O–H groups in total. The topological polar surface area (TPSA) is 181 Å². The summed E-state index contributed by atoms with van der Waals surface area (Å²) < 4.78 is 10.5. The average molecular weight is 609 g/mol. The molecule has 4 aromatic rings. The van der Waals surface area contributed by atoms with Crippen molar-refractivity contribution >= 4 is 34.6 Å². The fraction of sp³-hybridized carbons (Fsp3) is 0.400. The summed E-state index contributed by atoms with van der Waals surface area (Å²) in [6.07, 6.45) is -4.50. The molecule has 0 saturated heterocycles. The zero-order valence-corrected chi connectivity index (χ0v) is 25.6. The Bertz CT molecular complexity index is 1390. The minimum absolute atomic E-state index is 0.0338. The van der Waals surface area contributed by atoms with Crippen LogP contribution in [0.3, 0.4) is 0 Å². The van der Waals surface area contributed by atoms with E-state index in [-0.39, 0.29) is 34.6 Å². The van der Waals surface area contributed by atoms with Gasteiger partial charge in [0.25, 0.3) is 0 Å². The van der Waals surface area contributed by atoms with Crippen LogP contribution in [-0.2, 0) is 13.1 Å². The predicted octanol–water partition coefficient (Wildman–Crippen LogP) is 2.63. The molecule has 236 valence electrons. The van der Waals surface area contributed by atoms with Gasteiger partial charge >= 0.3 is 0 Å². The first-order valence-electron chi connectivity index (χ1n) is 14.1. The Labute approximate surface area is 256 Å². The maximum atomic E-state index is 10.5. The fourth-order valence-corrected chi connectivity index (χ4v) is 4.62. The number of anilines is 4. The number of ether oxygens (including phenoxy) is 2. The number of fused-ring (bicyclic) bond motifs is 1. The van der Waals surface area contributed by atoms with Crippen molar-refractivity contribution < 1.29 is 29.9 Å². The van der Waals surface area contributed by atoms with E-state index >= 15 is 0 Å². The molecule has 2 heterocycles. The van der Waals surface area contributed by atoms with Crippen molar-refractivity contribution in [1.82, 2.24) is 19.9 Å². The molecule has 14 nitrogen and oxygen atoms in total. The molecule has 0 aliphatic carbocycles. The Hall–Kier alpha value is -4.50. The number of nitrogens with one attached hydrogen (secondary N) is 2. The highest BCUT2D eigenvalue weighted by Crippen LogP contribution is 2.31. The highest BCUT2D eigenvalue weighted by atomic mass is 16.5. The molecule has 2 aromatic heterocycles. The van der Waals surface area contributed by atoms with Crippen LogP contribution in [0.5, 0.6) is 11.5 Å². The molecular weight excluding hydrogens is 568 g/mol. The largest absolute Gasteiger partial charge is 0.497 e. The summed E-state index contributed by atoms with van der Waals surface area (Å²) in [7, 11) is 3.19. The summed E-state index contributed by atoms with van der Waals surface area (Å²) in [6.45, 7) is 6.66. The summed E-state index contributed by atoms with van der Waals surface area (Å²) in [5.74, 6) is 2.06. The molecule has 4 atom stereocenters. The quantitative estimate of drug-likeness (QED) is 0.115. The van der Waals surface area contributed by atoms with E-state index in [4.69, 9.17) is 9.47 Å². The third-order valence-electron chi connectivity index (χ3n) is 6.83. The zero-order valence-electron chi connectivity index (χ0n) is 25.6. The number of rotatable bonds is 14. The van der Waals surface area contributed by atoms with E-state index in [1.54, 1.807) is 14.2 Å². The van der Waals surface area contributed by atoms with Crippen molar-refractivity contribution in [1.29, 1.82) is 0 Å². The highest BCUT2D eigenvalue weighted by molar-refractivity contribution is 5.94. The Balaban J connectivity index is 1.88. The Morgan fingerprint density at radius 1 is 0.568 bits per heavy atom. The second kappa shape index (κ2) is 14.3. The maximum Gasteiger partial charge on any atom is 0.232 e. The Morgan fingerprint density at radius 3 is 1.16 bits per heavy atom. The van der Waals surface area contributed by atoms with Crippen LogP contribution >= 0.6 is 0 Å². The van der Waals surface area contributed by atoms with Gasteiger partial charge in [0.1, 0.15) is 47.4 Å². The minimum Gasteiger partial charge on any atom is -0.497 e. The molecule has 0 radical (unpaired) electrons. The molecule has 44 heavy (non-hydrogen) atoms. The lowest BCUT2D eigenvalue weighted by Crippen LogP contribution is -2.42. The van der Waals surface area contributed by atoms with Gasteiger partial charge in [0.2, 0.25) is 11.9 Å². The lowest BCUT2D eigenvalue weighted by atomic mass is 10.2. The number of aliphatic hydroxyl groups is 4. The van der Waals surface area contributed by atoms with Gasteiger partial charge in [-0.3, -0.25) is 9.80 Å². The van der Waals surface area contributed by atoms with Crippen LogP contribution in [0, 0.1) is 0 Å². The van der Waals surface area contributed by atoms with Crippen molar-refractivity contribution in [2.75, 3.05) is 34.7 Å². The number of hydrogen-bond donors (Lipinski definition) is 6. The second-order valence-electron chi connectivity index (χ2n) is 10.2. The van der Waals surface area contributed by atoms with Crippen LogP contribution in [0.4, 0.5) is 23.5 Å². The van der Waals surface area contributed by atoms with E-state index in [1.165, 1.54) is 37.5 Å². The first-order valence-corrected chi connectivity index (χ1v) is 14.1. The van der Waals surface area contributed by atoms with E-state index in [2.05, 4.69) is 30.6 Å². The minimum atomic E-state index is -1.13. The molecular formula is C30H40N8O6. The summed E-state index contributed by atoms with van der Waals surface area (Å²) >= 11 is 0. The zero-order chi connectivity index (χ0) is 32.0. The summed E-state index contributed by atoms with van der Waals surface area (Å²) in [6, 6.07) is 15.0. The van der Waals surface area contributed by atoms with Crippen molar-refractivity contribution in [2.24, 2.45) is 0 Å². The lowest BCUT2D eigenvalue weighted by Gasteiger charge is -2.30. The number of methoxy groups -OCH3 is 2. The van der Waals surface area contributed by atoms with Gasteiger partial charge in [0, 0.05) is 13.1 Å². The Kier molecular flexibility index (Phi) is 10.5. The number of benzene rings is 2. The van der Waals surface area contributed by atoms with Gasteiger partial charge in [-0.15, -0.1) is 0 Å². The van der Waals surface area contributed by atoms with Crippen LogP contribution < -0.4 is 29.9 Å². The van der Waals surface area contributed by atoms with Gasteiger partial charge in [0.05, 0.1) is 14.2 Å². The van der Waals surface area contributed by atoms with E-state index in [1.807, 2.05) is 48.5 Å². The van der Waals surface area contributed by atoms with E-state index < -0.39 is 24.9 Å². The average Bonchev–Trinajstić information content (AvgIpc) is 2.98. The number of hydrogen-bond acceptors (Lipinski definition) is 14. The molecule has 0 amide bonds. The third-order valence-corrected chi connectivity index (χ3v) is 6.83. The van der Waals surface area contributed by atoms with Crippen LogP contribution in [0.15, 0.2) is 48.5 Å². The first-order chi connectivity index (χ1) is 21.0. The van der Waals surface area contributed by atoms with E-state index in [0.29, 0.717) is 24.6 Å². The van der Waals surface area contributed by atoms with E-state index in [0.717, 1.165) is 11.1 Å². The Morgan fingerprint density at radius 2 is 0.886 bits per heavy atom. The van der Waals surface area contributed by atoms with Gasteiger partial charge in [-0.05, 0) is 63.1 Å². The van der Waals surface area contributed by atoms with Crippen LogP contribution in [0.1, 0.15) is 38.8 Å². The molecule has 0 fully saturated rings. The van der Waals surface area contributed by atoms with Crippen molar-refractivity contribution in [3.8, 4) is 11.5 Å². The van der Waals surface area contributed by atoms with Crippen LogP contribution in [0.2, 0.25) is 0 Å². The molecule has 0 spiro atoms. The van der Waals surface area contributed by atoms with Crippen molar-refractivity contribution in [3.05, 3.63) is 59.7 Å². The lowest BCUT2D eigenvalue weighted by molar-refractivity contribution is 0.102. The number of aromatic nitrogens is 4. The van der Waals surface area contributed by atoms with Gasteiger partial charge < -0.3 is 40.5 Å². The highest BCUT2D eigenvalue weighted by Gasteiger charge is 2.27. The second-order valence-corrected chi connectivity index (χ2v) is 10.2. The molecule has 0 aliphatic rings. The summed E-state index contributed by atoms with van der Waals surface area (Å²) in [4.78, 5) is 21.1. The van der Waals surface area contributed by atoms with Gasteiger partial charge in [-0.2, -0.15) is 9.97 Å². The molecule has 14 heteroatoms. The van der Waals surface area contributed by atoms with Crippen molar-refractivity contribution in [2.45, 2.75) is 65.7 Å². The summed E-state index contributed by atoms with van der Waals surface area (Å²) in [5, 5.41) is 48.6. The molecule has 0 bridgehead atoms. The predicted molar refractivity (Wildman–Crippen MR) is 167 cm³/mol. The molecule has 2 aromatic carbocycles. The number of aliphatic hydroxyl groups excluding tert-OH is 4. The van der Waals surface area contributed by atoms with Gasteiger partial charge in [0.15, 0.2) is 11.6 Å².